The Bertz CT molecular complexity index is 499. The van der Waals surface area contributed by atoms with Crippen LogP contribution in [0.25, 0.3) is 0 Å². The molecule has 1 heterocycles. The number of aromatic nitrogens is 1. The molecular weight excluding hydrogens is 314 g/mol. The van der Waals surface area contributed by atoms with Crippen LogP contribution in [0.15, 0.2) is 40.4 Å². The summed E-state index contributed by atoms with van der Waals surface area (Å²) in [6.45, 7) is 0.951. The monoisotopic (exact) mass is 325 g/mol. The van der Waals surface area contributed by atoms with Crippen molar-refractivity contribution in [1.82, 2.24) is 10.3 Å². The van der Waals surface area contributed by atoms with Crippen molar-refractivity contribution in [2.45, 2.75) is 6.54 Å². The Morgan fingerprint density at radius 3 is 2.78 bits per heavy atom. The summed E-state index contributed by atoms with van der Waals surface area (Å²) in [6.07, 6.45) is 1.80. The van der Waals surface area contributed by atoms with Crippen molar-refractivity contribution in [3.8, 4) is 0 Å². The van der Waals surface area contributed by atoms with E-state index in [9.17, 15) is 4.79 Å². The lowest BCUT2D eigenvalue weighted by Gasteiger charge is -2.05. The van der Waals surface area contributed by atoms with Crippen LogP contribution >= 0.6 is 27.3 Å². The van der Waals surface area contributed by atoms with Gasteiger partial charge in [0.25, 0.3) is 0 Å². The fraction of sp³-hybridized carbons (Fsp3) is 0.167. The van der Waals surface area contributed by atoms with Crippen molar-refractivity contribution in [3.63, 3.8) is 0 Å². The number of hydrogen-bond acceptors (Lipinski definition) is 4. The van der Waals surface area contributed by atoms with Gasteiger partial charge in [-0.1, -0.05) is 15.9 Å². The normalized spacial score (nSPS) is 10.3. The van der Waals surface area contributed by atoms with E-state index in [0.29, 0.717) is 6.54 Å². The van der Waals surface area contributed by atoms with E-state index in [0.717, 1.165) is 15.0 Å². The molecule has 0 aliphatic heterocycles. The molecule has 0 spiro atoms. The number of amides is 1. The summed E-state index contributed by atoms with van der Waals surface area (Å²) in [6, 6.07) is 7.48. The topological polar surface area (TPSA) is 54.0 Å². The van der Waals surface area contributed by atoms with Crippen LogP contribution in [0, 0.1) is 0 Å². The molecule has 18 heavy (non-hydrogen) atoms. The van der Waals surface area contributed by atoms with Crippen molar-refractivity contribution < 1.29 is 4.79 Å². The second kappa shape index (κ2) is 6.63. The number of carbonyl (C=O) groups is 1. The number of anilines is 1. The van der Waals surface area contributed by atoms with Crippen molar-refractivity contribution in [2.24, 2.45) is 0 Å². The standard InChI is InChI=1S/C12H12BrN3OS/c13-9-1-3-10(4-2-9)16-12(17)7-14-5-11-6-15-8-18-11/h1-4,6,8,14H,5,7H2,(H,16,17). The van der Waals surface area contributed by atoms with E-state index in [1.165, 1.54) is 0 Å². The molecule has 1 aromatic heterocycles. The van der Waals surface area contributed by atoms with Crippen molar-refractivity contribution in [2.75, 3.05) is 11.9 Å². The molecule has 94 valence electrons. The molecule has 0 radical (unpaired) electrons. The Balaban J connectivity index is 1.73. The van der Waals surface area contributed by atoms with Crippen molar-refractivity contribution >= 4 is 38.9 Å². The van der Waals surface area contributed by atoms with Gasteiger partial charge in [-0.15, -0.1) is 11.3 Å². The minimum Gasteiger partial charge on any atom is -0.325 e. The number of nitrogens with zero attached hydrogens (tertiary/aromatic N) is 1. The Morgan fingerprint density at radius 2 is 2.11 bits per heavy atom. The van der Waals surface area contributed by atoms with E-state index in [4.69, 9.17) is 0 Å². The van der Waals surface area contributed by atoms with Crippen LogP contribution in [0.4, 0.5) is 5.69 Å². The summed E-state index contributed by atoms with van der Waals surface area (Å²) in [5.41, 5.74) is 2.57. The molecule has 0 fully saturated rings. The first-order valence-corrected chi connectivity index (χ1v) is 7.05. The molecule has 2 N–H and O–H groups in total. The molecule has 0 unspecified atom stereocenters. The van der Waals surface area contributed by atoms with E-state index in [2.05, 4.69) is 31.5 Å². The Hall–Kier alpha value is -1.24. The number of thiazole rings is 1. The zero-order chi connectivity index (χ0) is 12.8. The number of nitrogens with one attached hydrogen (secondary N) is 2. The summed E-state index contributed by atoms with van der Waals surface area (Å²) >= 11 is 4.92. The number of carbonyl (C=O) groups excluding carboxylic acids is 1. The van der Waals surface area contributed by atoms with Crippen LogP contribution < -0.4 is 10.6 Å². The van der Waals surface area contributed by atoms with Gasteiger partial charge >= 0.3 is 0 Å². The Labute approximate surface area is 118 Å². The fourth-order valence-corrected chi connectivity index (χ4v) is 2.20. The van der Waals surface area contributed by atoms with Gasteiger partial charge in [0, 0.05) is 27.8 Å². The summed E-state index contributed by atoms with van der Waals surface area (Å²) < 4.78 is 0.990. The molecule has 2 rings (SSSR count). The van der Waals surface area contributed by atoms with Crippen LogP contribution in [-0.2, 0) is 11.3 Å². The van der Waals surface area contributed by atoms with Gasteiger partial charge in [-0.25, -0.2) is 0 Å². The maximum absolute atomic E-state index is 11.6. The fourth-order valence-electron chi connectivity index (χ4n) is 1.37. The van der Waals surface area contributed by atoms with Crippen LogP contribution in [0.3, 0.4) is 0 Å². The maximum Gasteiger partial charge on any atom is 0.238 e. The molecule has 4 nitrogen and oxygen atoms in total. The molecular formula is C12H12BrN3OS. The average Bonchev–Trinajstić information content (AvgIpc) is 2.85. The quantitative estimate of drug-likeness (QED) is 0.888. The predicted octanol–water partition coefficient (Wildman–Crippen LogP) is 2.63. The molecule has 0 atom stereocenters. The van der Waals surface area contributed by atoms with E-state index >= 15 is 0 Å². The second-order valence-electron chi connectivity index (χ2n) is 3.63. The van der Waals surface area contributed by atoms with Gasteiger partial charge in [0.05, 0.1) is 12.1 Å². The first-order valence-electron chi connectivity index (χ1n) is 5.37. The first kappa shape index (κ1) is 13.2. The smallest absolute Gasteiger partial charge is 0.238 e. The average molecular weight is 326 g/mol. The van der Waals surface area contributed by atoms with Gasteiger partial charge < -0.3 is 10.6 Å². The highest BCUT2D eigenvalue weighted by molar-refractivity contribution is 9.10. The molecule has 6 heteroatoms. The molecule has 0 aliphatic rings. The molecule has 1 amide bonds. The van der Waals surface area contributed by atoms with E-state index in [1.54, 1.807) is 23.0 Å². The van der Waals surface area contributed by atoms with E-state index in [-0.39, 0.29) is 12.5 Å². The molecule has 2 aromatic rings. The molecule has 0 aliphatic carbocycles. The zero-order valence-corrected chi connectivity index (χ0v) is 11.9. The molecule has 0 saturated heterocycles. The SMILES string of the molecule is O=C(CNCc1cncs1)Nc1ccc(Br)cc1. The second-order valence-corrected chi connectivity index (χ2v) is 5.51. The third kappa shape index (κ3) is 4.21. The van der Waals surface area contributed by atoms with Gasteiger partial charge in [-0.05, 0) is 24.3 Å². The van der Waals surface area contributed by atoms with Gasteiger partial charge in [0.15, 0.2) is 0 Å². The predicted molar refractivity (Wildman–Crippen MR) is 76.6 cm³/mol. The van der Waals surface area contributed by atoms with Crippen LogP contribution in [-0.4, -0.2) is 17.4 Å². The van der Waals surface area contributed by atoms with Gasteiger partial charge in [-0.3, -0.25) is 9.78 Å². The lowest BCUT2D eigenvalue weighted by molar-refractivity contribution is -0.115. The number of rotatable bonds is 5. The highest BCUT2D eigenvalue weighted by Gasteiger charge is 2.02. The molecule has 0 saturated carbocycles. The Kier molecular flexibility index (Phi) is 4.86. The minimum absolute atomic E-state index is 0.0539. The van der Waals surface area contributed by atoms with Crippen molar-refractivity contribution in [1.29, 1.82) is 0 Å². The van der Waals surface area contributed by atoms with Crippen LogP contribution in [0.1, 0.15) is 4.88 Å². The lowest BCUT2D eigenvalue weighted by Crippen LogP contribution is -2.27. The number of benzene rings is 1. The third-order valence-corrected chi connectivity index (χ3v) is 3.50. The van der Waals surface area contributed by atoms with Gasteiger partial charge in [0.2, 0.25) is 5.91 Å². The van der Waals surface area contributed by atoms with Crippen LogP contribution in [0.5, 0.6) is 0 Å². The molecule has 1 aromatic carbocycles. The van der Waals surface area contributed by atoms with E-state index < -0.39 is 0 Å². The van der Waals surface area contributed by atoms with E-state index in [1.807, 2.05) is 24.3 Å². The molecule has 0 bridgehead atoms. The highest BCUT2D eigenvalue weighted by atomic mass is 79.9. The summed E-state index contributed by atoms with van der Waals surface area (Å²) in [5.74, 6) is -0.0539. The Morgan fingerprint density at radius 1 is 1.33 bits per heavy atom. The number of halogens is 1. The zero-order valence-electron chi connectivity index (χ0n) is 9.52. The minimum atomic E-state index is -0.0539. The van der Waals surface area contributed by atoms with Crippen LogP contribution in [0.2, 0.25) is 0 Å². The third-order valence-electron chi connectivity index (χ3n) is 2.20. The highest BCUT2D eigenvalue weighted by Crippen LogP contribution is 2.13. The lowest BCUT2D eigenvalue weighted by atomic mass is 10.3. The maximum atomic E-state index is 11.6. The number of hydrogen-bond donors (Lipinski definition) is 2. The summed E-state index contributed by atoms with van der Waals surface area (Å²) in [7, 11) is 0. The van der Waals surface area contributed by atoms with Gasteiger partial charge in [-0.2, -0.15) is 0 Å². The van der Waals surface area contributed by atoms with Gasteiger partial charge in [0.1, 0.15) is 0 Å². The largest absolute Gasteiger partial charge is 0.325 e. The van der Waals surface area contributed by atoms with Crippen molar-refractivity contribution in [3.05, 3.63) is 45.3 Å². The summed E-state index contributed by atoms with van der Waals surface area (Å²) in [5, 5.41) is 5.88. The first-order chi connectivity index (χ1) is 8.74. The summed E-state index contributed by atoms with van der Waals surface area (Å²) in [4.78, 5) is 16.7.